The summed E-state index contributed by atoms with van der Waals surface area (Å²) in [6.07, 6.45) is 2.27. The van der Waals surface area contributed by atoms with Gasteiger partial charge < -0.3 is 15.6 Å². The van der Waals surface area contributed by atoms with Crippen LogP contribution in [0.5, 0.6) is 6.01 Å². The SMILES string of the molecule is COc1ncc(C(O)C(C)N)cn1. The summed E-state index contributed by atoms with van der Waals surface area (Å²) < 4.78 is 4.77. The van der Waals surface area contributed by atoms with Gasteiger partial charge >= 0.3 is 6.01 Å². The highest BCUT2D eigenvalue weighted by atomic mass is 16.5. The molecule has 2 unspecified atom stereocenters. The maximum atomic E-state index is 9.52. The summed E-state index contributed by atoms with van der Waals surface area (Å²) in [6.45, 7) is 1.72. The molecule has 3 N–H and O–H groups in total. The summed E-state index contributed by atoms with van der Waals surface area (Å²) in [5.41, 5.74) is 6.10. The lowest BCUT2D eigenvalue weighted by atomic mass is 10.1. The van der Waals surface area contributed by atoms with Gasteiger partial charge in [0.25, 0.3) is 0 Å². The molecule has 0 saturated heterocycles. The summed E-state index contributed by atoms with van der Waals surface area (Å²) in [7, 11) is 1.48. The van der Waals surface area contributed by atoms with Crippen molar-refractivity contribution in [1.29, 1.82) is 0 Å². The van der Waals surface area contributed by atoms with Crippen molar-refractivity contribution >= 4 is 0 Å². The van der Waals surface area contributed by atoms with Crippen LogP contribution >= 0.6 is 0 Å². The second-order valence-electron chi connectivity index (χ2n) is 2.81. The first-order valence-corrected chi connectivity index (χ1v) is 3.94. The number of methoxy groups -OCH3 is 1. The van der Waals surface area contributed by atoms with E-state index in [1.54, 1.807) is 6.92 Å². The van der Waals surface area contributed by atoms with Crippen LogP contribution in [0.25, 0.3) is 0 Å². The molecule has 1 aromatic heterocycles. The molecule has 2 atom stereocenters. The zero-order valence-electron chi connectivity index (χ0n) is 7.64. The molecule has 0 aliphatic heterocycles. The first-order chi connectivity index (χ1) is 6.15. The van der Waals surface area contributed by atoms with E-state index in [0.717, 1.165) is 0 Å². The average molecular weight is 183 g/mol. The van der Waals surface area contributed by atoms with Crippen LogP contribution in [0.2, 0.25) is 0 Å². The van der Waals surface area contributed by atoms with Crippen molar-refractivity contribution in [2.45, 2.75) is 19.1 Å². The van der Waals surface area contributed by atoms with Gasteiger partial charge in [0.1, 0.15) is 0 Å². The largest absolute Gasteiger partial charge is 0.467 e. The van der Waals surface area contributed by atoms with Crippen LogP contribution in [0, 0.1) is 0 Å². The zero-order valence-corrected chi connectivity index (χ0v) is 7.64. The standard InChI is InChI=1S/C8H13N3O2/c1-5(9)7(12)6-3-10-8(13-2)11-4-6/h3-5,7,12H,9H2,1-2H3. The Morgan fingerprint density at radius 3 is 2.38 bits per heavy atom. The molecule has 0 aliphatic carbocycles. The van der Waals surface area contributed by atoms with Crippen LogP contribution in [0.1, 0.15) is 18.6 Å². The van der Waals surface area contributed by atoms with Gasteiger partial charge in [-0.25, -0.2) is 9.97 Å². The minimum atomic E-state index is -0.731. The smallest absolute Gasteiger partial charge is 0.316 e. The average Bonchev–Trinajstić information content (AvgIpc) is 2.17. The van der Waals surface area contributed by atoms with Gasteiger partial charge in [-0.15, -0.1) is 0 Å². The lowest BCUT2D eigenvalue weighted by Crippen LogP contribution is -2.24. The number of rotatable bonds is 3. The van der Waals surface area contributed by atoms with E-state index in [1.807, 2.05) is 0 Å². The van der Waals surface area contributed by atoms with Gasteiger partial charge in [0.05, 0.1) is 13.2 Å². The minimum absolute atomic E-state index is 0.278. The molecule has 0 fully saturated rings. The highest BCUT2D eigenvalue weighted by Gasteiger charge is 2.12. The Balaban J connectivity index is 2.79. The van der Waals surface area contributed by atoms with Crippen molar-refractivity contribution in [2.24, 2.45) is 5.73 Å². The molecule has 0 saturated carbocycles. The molecule has 13 heavy (non-hydrogen) atoms. The number of aliphatic hydroxyl groups excluding tert-OH is 1. The summed E-state index contributed by atoms with van der Waals surface area (Å²) >= 11 is 0. The van der Waals surface area contributed by atoms with E-state index in [1.165, 1.54) is 19.5 Å². The van der Waals surface area contributed by atoms with Crippen LogP contribution in [-0.2, 0) is 0 Å². The van der Waals surface area contributed by atoms with E-state index in [2.05, 4.69) is 9.97 Å². The molecule has 0 bridgehead atoms. The maximum Gasteiger partial charge on any atom is 0.316 e. The first kappa shape index (κ1) is 9.88. The molecule has 1 aromatic rings. The van der Waals surface area contributed by atoms with E-state index in [0.29, 0.717) is 5.56 Å². The van der Waals surface area contributed by atoms with Crippen LogP contribution in [0.3, 0.4) is 0 Å². The second-order valence-corrected chi connectivity index (χ2v) is 2.81. The zero-order chi connectivity index (χ0) is 9.84. The number of ether oxygens (including phenoxy) is 1. The fourth-order valence-corrected chi connectivity index (χ4v) is 0.888. The topological polar surface area (TPSA) is 81.3 Å². The third kappa shape index (κ3) is 2.37. The molecule has 0 aliphatic rings. The van der Waals surface area contributed by atoms with Crippen molar-refractivity contribution in [2.75, 3.05) is 7.11 Å². The molecular weight excluding hydrogens is 170 g/mol. The summed E-state index contributed by atoms with van der Waals surface area (Å²) in [6, 6.07) is -0.0578. The van der Waals surface area contributed by atoms with Crippen LogP contribution in [-0.4, -0.2) is 28.2 Å². The molecule has 0 radical (unpaired) electrons. The first-order valence-electron chi connectivity index (χ1n) is 3.94. The fourth-order valence-electron chi connectivity index (χ4n) is 0.888. The van der Waals surface area contributed by atoms with Crippen LogP contribution < -0.4 is 10.5 Å². The maximum absolute atomic E-state index is 9.52. The number of aromatic nitrogens is 2. The van der Waals surface area contributed by atoms with Crippen molar-refractivity contribution < 1.29 is 9.84 Å². The second kappa shape index (κ2) is 4.15. The molecule has 0 amide bonds. The number of nitrogens with zero attached hydrogens (tertiary/aromatic N) is 2. The Morgan fingerprint density at radius 2 is 2.00 bits per heavy atom. The summed E-state index contributed by atoms with van der Waals surface area (Å²) in [5.74, 6) is 0. The van der Waals surface area contributed by atoms with Gasteiger partial charge in [0.15, 0.2) is 0 Å². The quantitative estimate of drug-likeness (QED) is 0.682. The number of hydrogen-bond acceptors (Lipinski definition) is 5. The van der Waals surface area contributed by atoms with Crippen LogP contribution in [0.15, 0.2) is 12.4 Å². The third-order valence-electron chi connectivity index (χ3n) is 1.67. The van der Waals surface area contributed by atoms with E-state index < -0.39 is 6.10 Å². The highest BCUT2D eigenvalue weighted by Crippen LogP contribution is 2.14. The van der Waals surface area contributed by atoms with Crippen LogP contribution in [0.4, 0.5) is 0 Å². The minimum Gasteiger partial charge on any atom is -0.467 e. The lowest BCUT2D eigenvalue weighted by molar-refractivity contribution is 0.152. The molecule has 1 rings (SSSR count). The number of nitrogens with two attached hydrogens (primary N) is 1. The van der Waals surface area contributed by atoms with Gasteiger partial charge in [-0.3, -0.25) is 0 Å². The molecule has 5 heteroatoms. The molecule has 0 aromatic carbocycles. The number of hydrogen-bond donors (Lipinski definition) is 2. The Bertz CT molecular complexity index is 261. The fraction of sp³-hybridized carbons (Fsp3) is 0.500. The summed E-state index contributed by atoms with van der Waals surface area (Å²) in [5, 5.41) is 9.52. The van der Waals surface area contributed by atoms with E-state index >= 15 is 0 Å². The Morgan fingerprint density at radius 1 is 1.46 bits per heavy atom. The van der Waals surface area contributed by atoms with Gasteiger partial charge in [-0.1, -0.05) is 0 Å². The Labute approximate surface area is 76.6 Å². The predicted molar refractivity (Wildman–Crippen MR) is 47.2 cm³/mol. The van der Waals surface area contributed by atoms with Gasteiger partial charge in [0.2, 0.25) is 0 Å². The van der Waals surface area contributed by atoms with Gasteiger partial charge in [-0.2, -0.15) is 0 Å². The molecule has 5 nitrogen and oxygen atoms in total. The third-order valence-corrected chi connectivity index (χ3v) is 1.67. The lowest BCUT2D eigenvalue weighted by Gasteiger charge is -2.13. The number of aliphatic hydroxyl groups is 1. The molecule has 0 spiro atoms. The molecular formula is C8H13N3O2. The summed E-state index contributed by atoms with van der Waals surface area (Å²) in [4.78, 5) is 7.70. The van der Waals surface area contributed by atoms with Crippen molar-refractivity contribution in [3.8, 4) is 6.01 Å². The monoisotopic (exact) mass is 183 g/mol. The molecule has 1 heterocycles. The van der Waals surface area contributed by atoms with Crippen molar-refractivity contribution in [1.82, 2.24) is 9.97 Å². The van der Waals surface area contributed by atoms with Crippen molar-refractivity contribution in [3.05, 3.63) is 18.0 Å². The van der Waals surface area contributed by atoms with Crippen molar-refractivity contribution in [3.63, 3.8) is 0 Å². The van der Waals surface area contributed by atoms with E-state index in [4.69, 9.17) is 10.5 Å². The van der Waals surface area contributed by atoms with Gasteiger partial charge in [0, 0.05) is 24.0 Å². The van der Waals surface area contributed by atoms with E-state index in [9.17, 15) is 5.11 Å². The van der Waals surface area contributed by atoms with E-state index in [-0.39, 0.29) is 12.1 Å². The molecule has 72 valence electrons. The van der Waals surface area contributed by atoms with Gasteiger partial charge in [-0.05, 0) is 6.92 Å². The predicted octanol–water partition coefficient (Wildman–Crippen LogP) is -0.134. The normalized spacial score (nSPS) is 15.1. The Kier molecular flexibility index (Phi) is 3.16. The Hall–Kier alpha value is -1.20. The highest BCUT2D eigenvalue weighted by molar-refractivity contribution is 5.11.